The summed E-state index contributed by atoms with van der Waals surface area (Å²) in [6.07, 6.45) is 1.06. The number of rotatable bonds is 2. The highest BCUT2D eigenvalue weighted by atomic mass is 28.4. The van der Waals surface area contributed by atoms with Crippen molar-refractivity contribution in [2.75, 3.05) is 0 Å². The molecule has 0 N–H and O–H groups in total. The summed E-state index contributed by atoms with van der Waals surface area (Å²) in [6.45, 7) is 5.78. The van der Waals surface area contributed by atoms with Crippen LogP contribution < -0.4 is 4.80 Å². The Hall–Kier alpha value is 0.177. The third-order valence-corrected chi connectivity index (χ3v) is 2.56. The van der Waals surface area contributed by atoms with E-state index in [1.807, 2.05) is 13.1 Å². The predicted octanol–water partition coefficient (Wildman–Crippen LogP) is 0.962. The second-order valence-corrected chi connectivity index (χ2v) is 6.53. The normalized spacial score (nSPS) is 12.0. The van der Waals surface area contributed by atoms with Gasteiger partial charge >= 0.3 is 0 Å². The third-order valence-electron chi connectivity index (χ3n) is 0.852. The fraction of sp³-hybridized carbons (Fsp3) is 1.00. The van der Waals surface area contributed by atoms with Gasteiger partial charge in [0.2, 0.25) is 0 Å². The van der Waals surface area contributed by atoms with E-state index in [4.69, 9.17) is 0 Å². The first-order chi connectivity index (χ1) is 3.06. The zero-order valence-corrected chi connectivity index (χ0v) is 6.32. The molecule has 0 heterocycles. The molecule has 0 aliphatic rings. The molecular formula is C5H13OSi-. The van der Waals surface area contributed by atoms with Crippen LogP contribution in [-0.2, 0) is 0 Å². The lowest BCUT2D eigenvalue weighted by molar-refractivity contribution is -0.205. The monoisotopic (exact) mass is 117 g/mol. The lowest BCUT2D eigenvalue weighted by atomic mass is 10.6. The second kappa shape index (κ2) is 2.48. The fourth-order valence-electron chi connectivity index (χ4n) is 0.602. The Labute approximate surface area is 46.5 Å². The van der Waals surface area contributed by atoms with Gasteiger partial charge in [-0.15, -0.1) is 0 Å². The van der Waals surface area contributed by atoms with E-state index < -0.39 is 8.32 Å². The Morgan fingerprint density at radius 2 is 1.86 bits per heavy atom. The van der Waals surface area contributed by atoms with Gasteiger partial charge in [0.25, 0.3) is 0 Å². The van der Waals surface area contributed by atoms with Crippen molar-refractivity contribution in [1.29, 1.82) is 0 Å². The largest absolute Gasteiger partial charge is 0.859 e. The molecule has 0 aliphatic heterocycles. The molecule has 0 atom stereocenters. The zero-order chi connectivity index (χ0) is 5.91. The van der Waals surface area contributed by atoms with Gasteiger partial charge in [-0.1, -0.05) is 40.8 Å². The Kier molecular flexibility index (Phi) is 2.54. The molecule has 0 saturated heterocycles. The standard InChI is InChI=1S/C5H13OSi/c1-4-5-7(2,3)6/h4-5H2,1-3H3/q-1. The van der Waals surface area contributed by atoms with Crippen molar-refractivity contribution in [1.82, 2.24) is 0 Å². The van der Waals surface area contributed by atoms with Crippen LogP contribution in [0.3, 0.4) is 0 Å². The van der Waals surface area contributed by atoms with Gasteiger partial charge in [-0.25, -0.2) is 0 Å². The first-order valence-electron chi connectivity index (χ1n) is 2.76. The maximum Gasteiger partial charge on any atom is -0.0538 e. The van der Waals surface area contributed by atoms with Crippen LogP contribution in [0.5, 0.6) is 0 Å². The Balaban J connectivity index is 3.15. The van der Waals surface area contributed by atoms with Crippen LogP contribution in [0.1, 0.15) is 13.3 Å². The molecule has 0 spiro atoms. The molecule has 0 aromatic heterocycles. The van der Waals surface area contributed by atoms with E-state index in [1.54, 1.807) is 0 Å². The van der Waals surface area contributed by atoms with Crippen LogP contribution >= 0.6 is 0 Å². The summed E-state index contributed by atoms with van der Waals surface area (Å²) in [5.74, 6) is 0. The minimum absolute atomic E-state index is 0.924. The summed E-state index contributed by atoms with van der Waals surface area (Å²) in [4.78, 5) is 10.8. The highest BCUT2D eigenvalue weighted by Gasteiger charge is 1.98. The van der Waals surface area contributed by atoms with Crippen LogP contribution in [0.15, 0.2) is 0 Å². The van der Waals surface area contributed by atoms with E-state index in [0.717, 1.165) is 12.5 Å². The molecule has 1 nitrogen and oxygen atoms in total. The SMILES string of the molecule is CCC[Si](C)(C)[O-]. The fourth-order valence-corrected chi connectivity index (χ4v) is 1.81. The van der Waals surface area contributed by atoms with E-state index in [0.29, 0.717) is 0 Å². The van der Waals surface area contributed by atoms with E-state index in [2.05, 4.69) is 6.92 Å². The highest BCUT2D eigenvalue weighted by molar-refractivity contribution is 6.68. The lowest BCUT2D eigenvalue weighted by Crippen LogP contribution is -2.42. The third kappa shape index (κ3) is 6.18. The zero-order valence-electron chi connectivity index (χ0n) is 5.32. The molecular weight excluding hydrogens is 104 g/mol. The highest BCUT2D eigenvalue weighted by Crippen LogP contribution is 2.01. The molecule has 0 aromatic rings. The van der Waals surface area contributed by atoms with Gasteiger partial charge in [0, 0.05) is 0 Å². The second-order valence-electron chi connectivity index (χ2n) is 2.51. The molecule has 0 fully saturated rings. The Morgan fingerprint density at radius 3 is 1.86 bits per heavy atom. The summed E-state index contributed by atoms with van der Waals surface area (Å²) in [7, 11) is -1.91. The smallest absolute Gasteiger partial charge is 0.0538 e. The maximum absolute atomic E-state index is 10.8. The first-order valence-corrected chi connectivity index (χ1v) is 5.88. The van der Waals surface area contributed by atoms with Gasteiger partial charge in [0.1, 0.15) is 0 Å². The van der Waals surface area contributed by atoms with E-state index in [1.165, 1.54) is 0 Å². The molecule has 44 valence electrons. The molecule has 0 rings (SSSR count). The minimum Gasteiger partial charge on any atom is -0.859 e. The minimum atomic E-state index is -1.91. The van der Waals surface area contributed by atoms with Crippen LogP contribution in [0.2, 0.25) is 19.1 Å². The molecule has 0 aliphatic carbocycles. The van der Waals surface area contributed by atoms with E-state index in [-0.39, 0.29) is 0 Å². The summed E-state index contributed by atoms with van der Waals surface area (Å²) in [5, 5.41) is 0. The average molecular weight is 117 g/mol. The van der Waals surface area contributed by atoms with Gasteiger partial charge in [-0.3, -0.25) is 0 Å². The van der Waals surface area contributed by atoms with Crippen molar-refractivity contribution in [2.45, 2.75) is 32.5 Å². The van der Waals surface area contributed by atoms with Crippen molar-refractivity contribution in [3.63, 3.8) is 0 Å². The van der Waals surface area contributed by atoms with Gasteiger partial charge < -0.3 is 4.80 Å². The quantitative estimate of drug-likeness (QED) is 0.494. The van der Waals surface area contributed by atoms with E-state index >= 15 is 0 Å². The van der Waals surface area contributed by atoms with Crippen LogP contribution in [-0.4, -0.2) is 8.32 Å². The molecule has 0 unspecified atom stereocenters. The van der Waals surface area contributed by atoms with Gasteiger partial charge in [0.05, 0.1) is 0 Å². The average Bonchev–Trinajstić information content (AvgIpc) is 1.30. The molecule has 0 bridgehead atoms. The Bertz CT molecular complexity index is 46.5. The Morgan fingerprint density at radius 1 is 1.43 bits per heavy atom. The van der Waals surface area contributed by atoms with Gasteiger partial charge in [0.15, 0.2) is 0 Å². The van der Waals surface area contributed by atoms with Crippen molar-refractivity contribution in [3.05, 3.63) is 0 Å². The molecule has 0 radical (unpaired) electrons. The molecule has 0 aromatic carbocycles. The lowest BCUT2D eigenvalue weighted by Gasteiger charge is -2.28. The molecule has 2 heteroatoms. The number of hydrogen-bond donors (Lipinski definition) is 0. The topological polar surface area (TPSA) is 23.1 Å². The maximum atomic E-state index is 10.8. The summed E-state index contributed by atoms with van der Waals surface area (Å²) in [5.41, 5.74) is 0. The summed E-state index contributed by atoms with van der Waals surface area (Å²) in [6, 6.07) is 0.924. The number of hydrogen-bond acceptors (Lipinski definition) is 1. The van der Waals surface area contributed by atoms with Gasteiger partial charge in [-0.2, -0.15) is 0 Å². The first kappa shape index (κ1) is 7.18. The van der Waals surface area contributed by atoms with Crippen molar-refractivity contribution >= 4 is 8.32 Å². The molecule has 0 saturated carbocycles. The molecule has 7 heavy (non-hydrogen) atoms. The van der Waals surface area contributed by atoms with Crippen LogP contribution in [0, 0.1) is 0 Å². The van der Waals surface area contributed by atoms with Crippen LogP contribution in [0.4, 0.5) is 0 Å². The van der Waals surface area contributed by atoms with Crippen molar-refractivity contribution < 1.29 is 4.80 Å². The summed E-state index contributed by atoms with van der Waals surface area (Å²) >= 11 is 0. The van der Waals surface area contributed by atoms with Crippen LogP contribution in [0.25, 0.3) is 0 Å². The predicted molar refractivity (Wildman–Crippen MR) is 32.6 cm³/mol. The van der Waals surface area contributed by atoms with Crippen molar-refractivity contribution in [2.24, 2.45) is 0 Å². The van der Waals surface area contributed by atoms with Crippen molar-refractivity contribution in [3.8, 4) is 0 Å². The molecule has 0 amide bonds. The van der Waals surface area contributed by atoms with Gasteiger partial charge in [-0.05, 0) is 0 Å². The van der Waals surface area contributed by atoms with E-state index in [9.17, 15) is 4.80 Å². The summed E-state index contributed by atoms with van der Waals surface area (Å²) < 4.78 is 0.